The standard InChI is InChI=1S/C18H15FN2OS/c1-2-21-15-10-9-14(19)12-16(15)23-18(21)20-17(22)11-8-13-6-4-3-5-7-13/h3-12H,2H2,1H3. The van der Waals surface area contributed by atoms with E-state index in [0.29, 0.717) is 11.3 Å². The summed E-state index contributed by atoms with van der Waals surface area (Å²) in [5.74, 6) is -0.619. The Morgan fingerprint density at radius 2 is 2.04 bits per heavy atom. The Morgan fingerprint density at radius 1 is 1.26 bits per heavy atom. The molecule has 0 aliphatic rings. The van der Waals surface area contributed by atoms with E-state index in [2.05, 4.69) is 4.99 Å². The molecule has 0 N–H and O–H groups in total. The van der Waals surface area contributed by atoms with Crippen molar-refractivity contribution in [3.8, 4) is 0 Å². The molecule has 0 saturated heterocycles. The zero-order chi connectivity index (χ0) is 16.2. The number of halogens is 1. The molecule has 116 valence electrons. The second kappa shape index (κ2) is 6.71. The van der Waals surface area contributed by atoms with E-state index >= 15 is 0 Å². The Hall–Kier alpha value is -2.53. The van der Waals surface area contributed by atoms with Crippen molar-refractivity contribution in [1.82, 2.24) is 4.57 Å². The number of hydrogen-bond acceptors (Lipinski definition) is 2. The Bertz CT molecular complexity index is 939. The highest BCUT2D eigenvalue weighted by Crippen LogP contribution is 2.18. The number of nitrogens with zero attached hydrogens (tertiary/aromatic N) is 2. The van der Waals surface area contributed by atoms with Crippen molar-refractivity contribution in [1.29, 1.82) is 0 Å². The third-order valence-corrected chi connectivity index (χ3v) is 4.43. The molecule has 3 aromatic rings. The number of rotatable bonds is 3. The molecule has 5 heteroatoms. The van der Waals surface area contributed by atoms with Crippen molar-refractivity contribution in [2.45, 2.75) is 13.5 Å². The van der Waals surface area contributed by atoms with Crippen LogP contribution in [0.5, 0.6) is 0 Å². The van der Waals surface area contributed by atoms with Gasteiger partial charge in [0.25, 0.3) is 5.91 Å². The number of carbonyl (C=O) groups is 1. The van der Waals surface area contributed by atoms with Crippen LogP contribution in [0.15, 0.2) is 59.6 Å². The first kappa shape index (κ1) is 15.4. The Balaban J connectivity index is 1.97. The van der Waals surface area contributed by atoms with Gasteiger partial charge in [-0.2, -0.15) is 4.99 Å². The Labute approximate surface area is 137 Å². The third kappa shape index (κ3) is 3.46. The first-order valence-corrected chi connectivity index (χ1v) is 8.10. The van der Waals surface area contributed by atoms with Crippen molar-refractivity contribution in [3.63, 3.8) is 0 Å². The van der Waals surface area contributed by atoms with Crippen LogP contribution in [-0.4, -0.2) is 10.5 Å². The lowest BCUT2D eigenvalue weighted by atomic mass is 10.2. The molecule has 0 radical (unpaired) electrons. The van der Waals surface area contributed by atoms with Crippen LogP contribution in [0.3, 0.4) is 0 Å². The van der Waals surface area contributed by atoms with Crippen LogP contribution in [0.4, 0.5) is 4.39 Å². The van der Waals surface area contributed by atoms with Gasteiger partial charge in [-0.1, -0.05) is 41.7 Å². The van der Waals surface area contributed by atoms with Crippen LogP contribution in [0.25, 0.3) is 16.3 Å². The molecule has 2 aromatic carbocycles. The van der Waals surface area contributed by atoms with Crippen LogP contribution >= 0.6 is 11.3 Å². The molecule has 1 amide bonds. The van der Waals surface area contributed by atoms with E-state index in [4.69, 9.17) is 0 Å². The lowest BCUT2D eigenvalue weighted by molar-refractivity contribution is -0.113. The lowest BCUT2D eigenvalue weighted by Gasteiger charge is -1.99. The maximum absolute atomic E-state index is 13.3. The van der Waals surface area contributed by atoms with Gasteiger partial charge in [0.1, 0.15) is 5.82 Å². The molecule has 0 aliphatic carbocycles. The predicted octanol–water partition coefficient (Wildman–Crippen LogP) is 4.00. The lowest BCUT2D eigenvalue weighted by Crippen LogP contribution is -2.15. The summed E-state index contributed by atoms with van der Waals surface area (Å²) in [6.07, 6.45) is 3.18. The summed E-state index contributed by atoms with van der Waals surface area (Å²) < 4.78 is 16.0. The molecule has 0 atom stereocenters. The van der Waals surface area contributed by atoms with Gasteiger partial charge in [0, 0.05) is 12.6 Å². The highest BCUT2D eigenvalue weighted by Gasteiger charge is 2.06. The quantitative estimate of drug-likeness (QED) is 0.670. The van der Waals surface area contributed by atoms with Gasteiger partial charge in [-0.3, -0.25) is 4.79 Å². The average Bonchev–Trinajstić information content (AvgIpc) is 2.89. The zero-order valence-electron chi connectivity index (χ0n) is 12.6. The second-order valence-electron chi connectivity index (χ2n) is 4.93. The van der Waals surface area contributed by atoms with Crippen molar-refractivity contribution < 1.29 is 9.18 Å². The van der Waals surface area contributed by atoms with Gasteiger partial charge in [0.15, 0.2) is 4.80 Å². The van der Waals surface area contributed by atoms with Crippen molar-refractivity contribution in [2.24, 2.45) is 4.99 Å². The second-order valence-corrected chi connectivity index (χ2v) is 5.94. The average molecular weight is 326 g/mol. The summed E-state index contributed by atoms with van der Waals surface area (Å²) in [5.41, 5.74) is 1.83. The SMILES string of the molecule is CCn1c(=NC(=O)C=Cc2ccccc2)sc2cc(F)ccc21. The van der Waals surface area contributed by atoms with Crippen LogP contribution < -0.4 is 4.80 Å². The number of aromatic nitrogens is 1. The molecule has 0 fully saturated rings. The maximum Gasteiger partial charge on any atom is 0.272 e. The monoisotopic (exact) mass is 326 g/mol. The van der Waals surface area contributed by atoms with Gasteiger partial charge < -0.3 is 4.57 Å². The van der Waals surface area contributed by atoms with Crippen LogP contribution in [-0.2, 0) is 11.3 Å². The van der Waals surface area contributed by atoms with E-state index in [1.165, 1.54) is 29.5 Å². The fraction of sp³-hybridized carbons (Fsp3) is 0.111. The van der Waals surface area contributed by atoms with Gasteiger partial charge in [-0.25, -0.2) is 4.39 Å². The fourth-order valence-electron chi connectivity index (χ4n) is 2.30. The highest BCUT2D eigenvalue weighted by atomic mass is 32.1. The summed E-state index contributed by atoms with van der Waals surface area (Å²) in [7, 11) is 0. The number of fused-ring (bicyclic) bond motifs is 1. The molecule has 0 bridgehead atoms. The Kier molecular flexibility index (Phi) is 4.48. The van der Waals surface area contributed by atoms with Crippen molar-refractivity contribution in [2.75, 3.05) is 0 Å². The van der Waals surface area contributed by atoms with Gasteiger partial charge in [0.2, 0.25) is 0 Å². The fourth-order valence-corrected chi connectivity index (χ4v) is 3.43. The summed E-state index contributed by atoms with van der Waals surface area (Å²) >= 11 is 1.31. The van der Waals surface area contributed by atoms with E-state index in [0.717, 1.165) is 15.8 Å². The maximum atomic E-state index is 13.3. The van der Waals surface area contributed by atoms with E-state index in [-0.39, 0.29) is 11.7 Å². The molecule has 3 nitrogen and oxygen atoms in total. The van der Waals surface area contributed by atoms with Crippen LogP contribution in [0.2, 0.25) is 0 Å². The van der Waals surface area contributed by atoms with E-state index < -0.39 is 0 Å². The minimum absolute atomic E-state index is 0.288. The molecule has 3 rings (SSSR count). The van der Waals surface area contributed by atoms with Gasteiger partial charge in [-0.15, -0.1) is 0 Å². The number of aryl methyl sites for hydroxylation is 1. The molecular formula is C18H15FN2OS. The summed E-state index contributed by atoms with van der Waals surface area (Å²) in [4.78, 5) is 16.8. The molecule has 0 aliphatic heterocycles. The minimum Gasteiger partial charge on any atom is -0.317 e. The number of carbonyl (C=O) groups excluding carboxylic acids is 1. The normalized spacial score (nSPS) is 12.3. The number of thiazole rings is 1. The number of hydrogen-bond donors (Lipinski definition) is 0. The van der Waals surface area contributed by atoms with E-state index in [1.807, 2.05) is 41.8 Å². The van der Waals surface area contributed by atoms with Crippen molar-refractivity contribution >= 4 is 33.5 Å². The summed E-state index contributed by atoms with van der Waals surface area (Å²) in [6, 6.07) is 14.2. The molecule has 0 unspecified atom stereocenters. The highest BCUT2D eigenvalue weighted by molar-refractivity contribution is 7.16. The first-order valence-electron chi connectivity index (χ1n) is 7.28. The topological polar surface area (TPSA) is 34.4 Å². The van der Waals surface area contributed by atoms with Crippen molar-refractivity contribution in [3.05, 3.63) is 70.8 Å². The molecule has 1 aromatic heterocycles. The smallest absolute Gasteiger partial charge is 0.272 e. The van der Waals surface area contributed by atoms with Crippen LogP contribution in [0.1, 0.15) is 12.5 Å². The number of benzene rings is 2. The summed E-state index contributed by atoms with van der Waals surface area (Å²) in [5, 5.41) is 0. The first-order chi connectivity index (χ1) is 11.2. The molecule has 1 heterocycles. The van der Waals surface area contributed by atoms with Crippen LogP contribution in [0, 0.1) is 5.82 Å². The Morgan fingerprint density at radius 3 is 2.78 bits per heavy atom. The molecule has 0 saturated carbocycles. The number of amides is 1. The van der Waals surface area contributed by atoms with E-state index in [9.17, 15) is 9.18 Å². The van der Waals surface area contributed by atoms with Gasteiger partial charge in [-0.05, 0) is 36.8 Å². The van der Waals surface area contributed by atoms with Gasteiger partial charge >= 0.3 is 0 Å². The predicted molar refractivity (Wildman–Crippen MR) is 91.5 cm³/mol. The van der Waals surface area contributed by atoms with Gasteiger partial charge in [0.05, 0.1) is 10.2 Å². The molecule has 0 spiro atoms. The third-order valence-electron chi connectivity index (χ3n) is 3.38. The minimum atomic E-state index is -0.330. The zero-order valence-corrected chi connectivity index (χ0v) is 13.4. The molecule has 23 heavy (non-hydrogen) atoms. The molecular weight excluding hydrogens is 311 g/mol. The summed E-state index contributed by atoms with van der Waals surface area (Å²) in [6.45, 7) is 2.64. The largest absolute Gasteiger partial charge is 0.317 e. The van der Waals surface area contributed by atoms with E-state index in [1.54, 1.807) is 12.1 Å².